The van der Waals surface area contributed by atoms with Crippen LogP contribution in [0.3, 0.4) is 0 Å². The van der Waals surface area contributed by atoms with Gasteiger partial charge in [0.05, 0.1) is 22.7 Å². The van der Waals surface area contributed by atoms with E-state index in [9.17, 15) is 0 Å². The Labute approximate surface area is 345 Å². The van der Waals surface area contributed by atoms with E-state index in [-0.39, 0.29) is 5.41 Å². The maximum Gasteiger partial charge on any atom is 0.0618 e. The Bertz CT molecular complexity index is 3190. The molecule has 0 fully saturated rings. The van der Waals surface area contributed by atoms with E-state index in [1.165, 1.54) is 77.2 Å². The molecule has 0 aromatic heterocycles. The summed E-state index contributed by atoms with van der Waals surface area (Å²) in [6.07, 6.45) is 0. The Hall–Kier alpha value is -7.42. The number of nitrogens with zero attached hydrogens (tertiary/aromatic N) is 2. The van der Waals surface area contributed by atoms with Crippen molar-refractivity contribution in [2.24, 2.45) is 0 Å². The lowest BCUT2D eigenvalue weighted by Crippen LogP contribution is -2.31. The van der Waals surface area contributed by atoms with Crippen LogP contribution in [0.15, 0.2) is 218 Å². The summed E-state index contributed by atoms with van der Waals surface area (Å²) < 4.78 is 0. The Kier molecular flexibility index (Phi) is 8.20. The number of fused-ring (bicyclic) bond motifs is 5. The van der Waals surface area contributed by atoms with E-state index in [0.717, 1.165) is 22.6 Å². The van der Waals surface area contributed by atoms with E-state index >= 15 is 0 Å². The van der Waals surface area contributed by atoms with Crippen LogP contribution >= 0.6 is 0 Å². The second kappa shape index (κ2) is 13.9. The molecule has 0 aliphatic carbocycles. The first-order valence-electron chi connectivity index (χ1n) is 20.5. The minimum Gasteiger partial charge on any atom is -0.310 e. The molecular formula is C57H42N2. The lowest BCUT2D eigenvalue weighted by Gasteiger charge is -2.43. The van der Waals surface area contributed by atoms with Gasteiger partial charge in [0.15, 0.2) is 0 Å². The fraction of sp³-hybridized carbons (Fsp3) is 0.0526. The van der Waals surface area contributed by atoms with Crippen molar-refractivity contribution in [1.29, 1.82) is 0 Å². The van der Waals surface area contributed by atoms with E-state index in [1.807, 2.05) is 0 Å². The van der Waals surface area contributed by atoms with Gasteiger partial charge in [0.2, 0.25) is 0 Å². The Morgan fingerprint density at radius 2 is 0.932 bits per heavy atom. The van der Waals surface area contributed by atoms with Crippen molar-refractivity contribution in [3.63, 3.8) is 0 Å². The summed E-state index contributed by atoms with van der Waals surface area (Å²) in [5.74, 6) is 0. The number of hydrogen-bond acceptors (Lipinski definition) is 2. The van der Waals surface area contributed by atoms with E-state index < -0.39 is 0 Å². The van der Waals surface area contributed by atoms with Crippen molar-refractivity contribution in [2.45, 2.75) is 19.3 Å². The molecule has 1 heterocycles. The molecule has 11 rings (SSSR count). The van der Waals surface area contributed by atoms with Crippen LogP contribution in [0.5, 0.6) is 0 Å². The lowest BCUT2D eigenvalue weighted by molar-refractivity contribution is 0.632. The third kappa shape index (κ3) is 5.79. The zero-order valence-electron chi connectivity index (χ0n) is 33.2. The van der Waals surface area contributed by atoms with Gasteiger partial charge in [0.1, 0.15) is 0 Å². The summed E-state index contributed by atoms with van der Waals surface area (Å²) in [5, 5.41) is 7.36. The summed E-state index contributed by atoms with van der Waals surface area (Å²) in [6, 6.07) is 80.1. The van der Waals surface area contributed by atoms with Crippen LogP contribution in [0.1, 0.15) is 25.0 Å². The van der Waals surface area contributed by atoms with Crippen molar-refractivity contribution in [1.82, 2.24) is 0 Å². The maximum atomic E-state index is 2.55. The van der Waals surface area contributed by atoms with Crippen LogP contribution in [0.2, 0.25) is 0 Å². The predicted octanol–water partition coefficient (Wildman–Crippen LogP) is 16.1. The molecule has 0 bridgehead atoms. The van der Waals surface area contributed by atoms with Crippen LogP contribution in [0.25, 0.3) is 54.6 Å². The molecule has 0 atom stereocenters. The van der Waals surface area contributed by atoms with Gasteiger partial charge in [-0.3, -0.25) is 0 Å². The van der Waals surface area contributed by atoms with Crippen molar-refractivity contribution < 1.29 is 0 Å². The first-order chi connectivity index (χ1) is 29.0. The molecule has 0 spiro atoms. The second-order valence-corrected chi connectivity index (χ2v) is 16.2. The van der Waals surface area contributed by atoms with Crippen LogP contribution in [-0.4, -0.2) is 0 Å². The summed E-state index contributed by atoms with van der Waals surface area (Å²) >= 11 is 0. The summed E-state index contributed by atoms with van der Waals surface area (Å²) in [5.41, 5.74) is 14.2. The number of hydrogen-bond donors (Lipinski definition) is 0. The van der Waals surface area contributed by atoms with Crippen molar-refractivity contribution in [2.75, 3.05) is 9.80 Å². The molecule has 2 nitrogen and oxygen atoms in total. The van der Waals surface area contributed by atoms with Crippen molar-refractivity contribution in [3.05, 3.63) is 230 Å². The minimum absolute atomic E-state index is 0.209. The van der Waals surface area contributed by atoms with Crippen LogP contribution in [-0.2, 0) is 5.41 Å². The van der Waals surface area contributed by atoms with Crippen LogP contribution < -0.4 is 9.80 Å². The highest BCUT2D eigenvalue weighted by molar-refractivity contribution is 6.08. The number of anilines is 6. The molecule has 10 aromatic rings. The third-order valence-corrected chi connectivity index (χ3v) is 12.4. The van der Waals surface area contributed by atoms with Gasteiger partial charge in [-0.2, -0.15) is 0 Å². The number of rotatable bonds is 6. The fourth-order valence-electron chi connectivity index (χ4n) is 9.43. The SMILES string of the molecule is CC1(C)c2ccccc2N(c2c(-c3ccc(N(c4ccccc4)c4cccc5ccccc45)cc3)ccc3ccccc23)c2cc(-c3ccc4ccccc4c3)ccc21. The number of benzene rings is 10. The standard InChI is InChI=1S/C57H42N2/c1-57(2)51-24-12-13-25-54(51)59(55-38-45(32-36-52(55)57)44-28-27-39-15-6-7-18-43(39)37-44)56-49-23-11-9-17-41(49)31-35-50(56)42-29-33-47(34-30-42)58(46-20-4-3-5-21-46)53-26-14-19-40-16-8-10-22-48(40)53/h3-38H,1-2H3. The van der Waals surface area contributed by atoms with Gasteiger partial charge in [0.25, 0.3) is 0 Å². The lowest BCUT2D eigenvalue weighted by atomic mass is 9.73. The zero-order chi connectivity index (χ0) is 39.5. The first kappa shape index (κ1) is 34.8. The topological polar surface area (TPSA) is 6.48 Å². The zero-order valence-corrected chi connectivity index (χ0v) is 33.2. The van der Waals surface area contributed by atoms with Crippen molar-refractivity contribution in [3.8, 4) is 22.3 Å². The smallest absolute Gasteiger partial charge is 0.0618 e. The summed E-state index contributed by atoms with van der Waals surface area (Å²) in [4.78, 5) is 4.93. The normalized spacial score (nSPS) is 13.0. The molecular weight excluding hydrogens is 713 g/mol. The van der Waals surface area contributed by atoms with Crippen LogP contribution in [0, 0.1) is 0 Å². The fourth-order valence-corrected chi connectivity index (χ4v) is 9.43. The molecule has 10 aromatic carbocycles. The van der Waals surface area contributed by atoms with E-state index in [4.69, 9.17) is 0 Å². The van der Waals surface area contributed by atoms with Gasteiger partial charge < -0.3 is 9.80 Å². The Balaban J connectivity index is 1.11. The van der Waals surface area contributed by atoms with E-state index in [2.05, 4.69) is 242 Å². The summed E-state index contributed by atoms with van der Waals surface area (Å²) in [7, 11) is 0. The molecule has 59 heavy (non-hydrogen) atoms. The molecule has 0 radical (unpaired) electrons. The molecule has 1 aliphatic rings. The predicted molar refractivity (Wildman–Crippen MR) is 251 cm³/mol. The molecule has 0 saturated carbocycles. The molecule has 0 N–H and O–H groups in total. The van der Waals surface area contributed by atoms with E-state index in [1.54, 1.807) is 0 Å². The molecule has 0 unspecified atom stereocenters. The first-order valence-corrected chi connectivity index (χ1v) is 20.5. The highest BCUT2D eigenvalue weighted by Gasteiger charge is 2.38. The van der Waals surface area contributed by atoms with Crippen molar-refractivity contribution >= 4 is 66.4 Å². The molecule has 280 valence electrons. The Morgan fingerprint density at radius 1 is 0.373 bits per heavy atom. The molecule has 1 aliphatic heterocycles. The molecule has 0 saturated heterocycles. The second-order valence-electron chi connectivity index (χ2n) is 16.2. The third-order valence-electron chi connectivity index (χ3n) is 12.4. The van der Waals surface area contributed by atoms with Crippen LogP contribution in [0.4, 0.5) is 34.1 Å². The largest absolute Gasteiger partial charge is 0.310 e. The van der Waals surface area contributed by atoms with Gasteiger partial charge in [0, 0.05) is 33.1 Å². The molecule has 0 amide bonds. The van der Waals surface area contributed by atoms with Gasteiger partial charge in [-0.15, -0.1) is 0 Å². The average Bonchev–Trinajstić information content (AvgIpc) is 3.29. The summed E-state index contributed by atoms with van der Waals surface area (Å²) in [6.45, 7) is 4.74. The molecule has 2 heteroatoms. The highest BCUT2D eigenvalue weighted by atomic mass is 15.2. The van der Waals surface area contributed by atoms with Gasteiger partial charge in [-0.25, -0.2) is 0 Å². The van der Waals surface area contributed by atoms with E-state index in [0.29, 0.717) is 0 Å². The Morgan fingerprint density at radius 3 is 1.75 bits per heavy atom. The quantitative estimate of drug-likeness (QED) is 0.167. The average molecular weight is 755 g/mol. The minimum atomic E-state index is -0.209. The van der Waals surface area contributed by atoms with Gasteiger partial charge >= 0.3 is 0 Å². The van der Waals surface area contributed by atoms with Gasteiger partial charge in [-0.1, -0.05) is 184 Å². The highest BCUT2D eigenvalue weighted by Crippen LogP contribution is 2.56. The number of para-hydroxylation sites is 2. The maximum absolute atomic E-state index is 2.55. The monoisotopic (exact) mass is 754 g/mol. The van der Waals surface area contributed by atoms with Gasteiger partial charge in [-0.05, 0) is 97.9 Å².